The highest BCUT2D eigenvalue weighted by Gasteiger charge is 2.51. The normalized spacial score (nSPS) is 25.2. The van der Waals surface area contributed by atoms with E-state index >= 15 is 0 Å². The van der Waals surface area contributed by atoms with Crippen LogP contribution >= 0.6 is 23.4 Å². The molecule has 1 amide bonds. The lowest BCUT2D eigenvalue weighted by Crippen LogP contribution is -2.48. The summed E-state index contributed by atoms with van der Waals surface area (Å²) in [6.45, 7) is 0. The van der Waals surface area contributed by atoms with Crippen molar-refractivity contribution < 1.29 is 9.90 Å². The van der Waals surface area contributed by atoms with Crippen LogP contribution in [0, 0.1) is 11.3 Å². The minimum Gasteiger partial charge on any atom is -0.366 e. The third-order valence-corrected chi connectivity index (χ3v) is 6.29. The summed E-state index contributed by atoms with van der Waals surface area (Å²) in [5, 5.41) is 22.2. The molecule has 2 atom stereocenters. The molecule has 1 saturated heterocycles. The van der Waals surface area contributed by atoms with Crippen LogP contribution in [0.1, 0.15) is 23.5 Å². The van der Waals surface area contributed by atoms with Crippen molar-refractivity contribution in [2.75, 3.05) is 5.75 Å². The Morgan fingerprint density at radius 2 is 1.88 bits per heavy atom. The quantitative estimate of drug-likeness (QED) is 0.853. The van der Waals surface area contributed by atoms with E-state index in [-0.39, 0.29) is 18.2 Å². The van der Waals surface area contributed by atoms with Crippen molar-refractivity contribution in [1.29, 1.82) is 5.26 Å². The zero-order valence-corrected chi connectivity index (χ0v) is 15.3. The van der Waals surface area contributed by atoms with E-state index in [1.807, 2.05) is 30.3 Å². The van der Waals surface area contributed by atoms with Crippen molar-refractivity contribution in [2.45, 2.75) is 18.1 Å². The van der Waals surface area contributed by atoms with Crippen molar-refractivity contribution in [2.24, 2.45) is 0 Å². The van der Waals surface area contributed by atoms with Crippen LogP contribution in [0.2, 0.25) is 5.02 Å². The molecule has 130 valence electrons. The maximum atomic E-state index is 13.0. The molecule has 1 N–H and O–H groups in total. The second-order valence-corrected chi connectivity index (χ2v) is 7.74. The molecule has 0 radical (unpaired) electrons. The molecule has 6 heteroatoms. The highest BCUT2D eigenvalue weighted by molar-refractivity contribution is 8.03. The van der Waals surface area contributed by atoms with E-state index in [1.54, 1.807) is 24.3 Å². The van der Waals surface area contributed by atoms with E-state index in [4.69, 9.17) is 11.6 Å². The minimum absolute atomic E-state index is 0.143. The molecule has 0 saturated carbocycles. The number of hydrogen-bond acceptors (Lipinski definition) is 4. The number of carbonyl (C=O) groups is 1. The fraction of sp³-hybridized carbons (Fsp3) is 0.200. The molecule has 0 unspecified atom stereocenters. The van der Waals surface area contributed by atoms with Crippen molar-refractivity contribution in [3.8, 4) is 6.07 Å². The van der Waals surface area contributed by atoms with Gasteiger partial charge in [0.15, 0.2) is 5.72 Å². The summed E-state index contributed by atoms with van der Waals surface area (Å²) in [7, 11) is 0. The number of carbonyl (C=O) groups excluding carboxylic acids is 1. The summed E-state index contributed by atoms with van der Waals surface area (Å²) in [5.41, 5.74) is 0.620. The summed E-state index contributed by atoms with van der Waals surface area (Å²) in [6.07, 6.45) is 0.143. The Bertz CT molecular complexity index is 937. The predicted octanol–water partition coefficient (Wildman–Crippen LogP) is 3.98. The van der Waals surface area contributed by atoms with Gasteiger partial charge in [-0.15, -0.1) is 11.8 Å². The van der Waals surface area contributed by atoms with Gasteiger partial charge >= 0.3 is 0 Å². The van der Waals surface area contributed by atoms with Crippen LogP contribution in [-0.2, 0) is 10.5 Å². The highest BCUT2D eigenvalue weighted by atomic mass is 35.5. The van der Waals surface area contributed by atoms with Crippen LogP contribution in [-0.4, -0.2) is 21.7 Å². The Morgan fingerprint density at radius 1 is 1.19 bits per heavy atom. The second kappa shape index (κ2) is 6.48. The number of nitriles is 1. The van der Waals surface area contributed by atoms with Gasteiger partial charge in [-0.05, 0) is 17.7 Å². The molecule has 2 aromatic carbocycles. The zero-order valence-electron chi connectivity index (χ0n) is 13.7. The summed E-state index contributed by atoms with van der Waals surface area (Å²) in [5.74, 6) is -0.201. The highest BCUT2D eigenvalue weighted by Crippen LogP contribution is 2.51. The number of nitrogens with zero attached hydrogens (tertiary/aromatic N) is 2. The predicted molar refractivity (Wildman–Crippen MR) is 101 cm³/mol. The van der Waals surface area contributed by atoms with Crippen LogP contribution < -0.4 is 0 Å². The lowest BCUT2D eigenvalue weighted by Gasteiger charge is -2.38. The fourth-order valence-corrected chi connectivity index (χ4v) is 5.01. The monoisotopic (exact) mass is 382 g/mol. The number of thioether (sulfide) groups is 1. The van der Waals surface area contributed by atoms with E-state index in [0.29, 0.717) is 26.9 Å². The van der Waals surface area contributed by atoms with Crippen LogP contribution in [0.4, 0.5) is 0 Å². The number of amides is 1. The Kier molecular flexibility index (Phi) is 4.28. The molecule has 26 heavy (non-hydrogen) atoms. The van der Waals surface area contributed by atoms with Crippen molar-refractivity contribution in [3.63, 3.8) is 0 Å². The van der Waals surface area contributed by atoms with Crippen LogP contribution in [0.5, 0.6) is 0 Å². The fourth-order valence-electron chi connectivity index (χ4n) is 3.52. The van der Waals surface area contributed by atoms with Gasteiger partial charge in [0.2, 0.25) is 5.91 Å². The number of fused-ring (bicyclic) bond motifs is 1. The van der Waals surface area contributed by atoms with E-state index in [1.165, 1.54) is 16.7 Å². The van der Waals surface area contributed by atoms with E-state index in [0.717, 1.165) is 5.56 Å². The first-order chi connectivity index (χ1) is 12.5. The van der Waals surface area contributed by atoms with Crippen LogP contribution in [0.25, 0.3) is 0 Å². The number of allylic oxidation sites excluding steroid dienone is 1. The van der Waals surface area contributed by atoms with Gasteiger partial charge < -0.3 is 5.11 Å². The average molecular weight is 383 g/mol. The first-order valence-corrected chi connectivity index (χ1v) is 9.54. The van der Waals surface area contributed by atoms with Gasteiger partial charge in [-0.2, -0.15) is 5.26 Å². The molecule has 2 aromatic rings. The van der Waals surface area contributed by atoms with E-state index in [9.17, 15) is 15.2 Å². The second-order valence-electron chi connectivity index (χ2n) is 6.34. The maximum absolute atomic E-state index is 13.0. The van der Waals surface area contributed by atoms with Gasteiger partial charge in [-0.25, -0.2) is 0 Å². The standard InChI is InChI=1S/C20H15ClN2O2S/c21-15-8-6-13(7-9-15)16-10-18(24)23-19(17(16)11-22)26-12-20(23,25)14-4-2-1-3-5-14/h1-9,16,25H,10,12H2/t16-,20-/m0/s1. The van der Waals surface area contributed by atoms with Gasteiger partial charge in [0.1, 0.15) is 0 Å². The minimum atomic E-state index is -1.43. The number of aliphatic hydroxyl groups is 1. The van der Waals surface area contributed by atoms with Gasteiger partial charge in [-0.1, -0.05) is 54.1 Å². The molecular formula is C20H15ClN2O2S. The summed E-state index contributed by atoms with van der Waals surface area (Å²) in [6, 6.07) is 18.6. The van der Waals surface area contributed by atoms with Gasteiger partial charge in [0.05, 0.1) is 22.4 Å². The Labute approximate surface area is 160 Å². The van der Waals surface area contributed by atoms with Gasteiger partial charge in [0.25, 0.3) is 0 Å². The van der Waals surface area contributed by atoms with Crippen molar-refractivity contribution >= 4 is 29.3 Å². The Hall–Kier alpha value is -2.26. The van der Waals surface area contributed by atoms with E-state index < -0.39 is 5.72 Å². The molecule has 2 aliphatic rings. The molecule has 1 fully saturated rings. The van der Waals surface area contributed by atoms with Crippen LogP contribution in [0.15, 0.2) is 65.2 Å². The van der Waals surface area contributed by atoms with Gasteiger partial charge in [0, 0.05) is 22.9 Å². The Balaban J connectivity index is 1.81. The summed E-state index contributed by atoms with van der Waals surface area (Å²) < 4.78 is 0. The maximum Gasteiger partial charge on any atom is 0.231 e. The lowest BCUT2D eigenvalue weighted by molar-refractivity contribution is -0.149. The smallest absolute Gasteiger partial charge is 0.231 e. The SMILES string of the molecule is N#CC1=C2SC[C@](O)(c3ccccc3)N2C(=O)C[C@H]1c1ccc(Cl)cc1. The van der Waals surface area contributed by atoms with Crippen LogP contribution in [0.3, 0.4) is 0 Å². The largest absolute Gasteiger partial charge is 0.366 e. The number of benzene rings is 2. The summed E-state index contributed by atoms with van der Waals surface area (Å²) in [4.78, 5) is 14.4. The average Bonchev–Trinajstić information content (AvgIpc) is 3.02. The molecule has 0 aliphatic carbocycles. The molecule has 0 bridgehead atoms. The number of halogens is 1. The number of hydrogen-bond donors (Lipinski definition) is 1. The molecule has 0 aromatic heterocycles. The molecule has 2 heterocycles. The third-order valence-electron chi connectivity index (χ3n) is 4.82. The van der Waals surface area contributed by atoms with Gasteiger partial charge in [-0.3, -0.25) is 9.69 Å². The molecule has 4 nitrogen and oxygen atoms in total. The third kappa shape index (κ3) is 2.62. The zero-order chi connectivity index (χ0) is 18.3. The molecule has 0 spiro atoms. The molecule has 2 aliphatic heterocycles. The summed E-state index contributed by atoms with van der Waals surface area (Å²) >= 11 is 7.31. The first-order valence-electron chi connectivity index (χ1n) is 8.18. The topological polar surface area (TPSA) is 64.3 Å². The Morgan fingerprint density at radius 3 is 2.54 bits per heavy atom. The van der Waals surface area contributed by atoms with Crippen molar-refractivity contribution in [3.05, 3.63) is 81.3 Å². The first kappa shape index (κ1) is 17.2. The molecule has 4 rings (SSSR count). The lowest BCUT2D eigenvalue weighted by atomic mass is 9.85. The number of rotatable bonds is 2. The van der Waals surface area contributed by atoms with E-state index in [2.05, 4.69) is 6.07 Å². The van der Waals surface area contributed by atoms with Crippen molar-refractivity contribution in [1.82, 2.24) is 4.90 Å². The molecular weight excluding hydrogens is 368 g/mol.